The highest BCUT2D eigenvalue weighted by atomic mass is 19.3. The van der Waals surface area contributed by atoms with E-state index in [1.54, 1.807) is 18.2 Å². The van der Waals surface area contributed by atoms with Crippen LogP contribution in [0.3, 0.4) is 0 Å². The molecule has 0 atom stereocenters. The van der Waals surface area contributed by atoms with Gasteiger partial charge in [0.05, 0.1) is 5.69 Å². The number of rotatable bonds is 5. The van der Waals surface area contributed by atoms with E-state index in [4.69, 9.17) is 10.7 Å². The van der Waals surface area contributed by atoms with Gasteiger partial charge in [0.2, 0.25) is 5.92 Å². The molecule has 0 saturated heterocycles. The van der Waals surface area contributed by atoms with Crippen molar-refractivity contribution in [3.63, 3.8) is 0 Å². The number of nitrogens with zero attached hydrogens (tertiary/aromatic N) is 3. The molecule has 2 heterocycles. The molecule has 0 spiro atoms. The lowest BCUT2D eigenvalue weighted by molar-refractivity contribution is -0.0614. The van der Waals surface area contributed by atoms with Crippen molar-refractivity contribution in [3.05, 3.63) is 58.9 Å². The highest BCUT2D eigenvalue weighted by Gasteiger charge is 2.40. The van der Waals surface area contributed by atoms with Crippen molar-refractivity contribution in [1.29, 1.82) is 0 Å². The van der Waals surface area contributed by atoms with E-state index in [9.17, 15) is 13.6 Å². The van der Waals surface area contributed by atoms with E-state index in [0.717, 1.165) is 28.1 Å². The number of carbonyl (C=O) groups excluding carboxylic acids is 1. The molecule has 2 aliphatic rings. The van der Waals surface area contributed by atoms with E-state index in [2.05, 4.69) is 4.99 Å². The Kier molecular flexibility index (Phi) is 6.08. The normalized spacial score (nSPS) is 19.8. The van der Waals surface area contributed by atoms with Crippen LogP contribution in [0.2, 0.25) is 0 Å². The molecule has 2 aromatic rings. The monoisotopic (exact) mass is 452 g/mol. The first kappa shape index (κ1) is 23.1. The van der Waals surface area contributed by atoms with Gasteiger partial charge in [0.25, 0.3) is 5.91 Å². The number of halogens is 2. The second kappa shape index (κ2) is 8.69. The quantitative estimate of drug-likeness (QED) is 0.632. The molecule has 2 N–H and O–H groups in total. The van der Waals surface area contributed by atoms with Crippen LogP contribution in [0, 0.1) is 12.3 Å². The third-order valence-electron chi connectivity index (χ3n) is 6.78. The summed E-state index contributed by atoms with van der Waals surface area (Å²) in [5.74, 6) is -2.55. The summed E-state index contributed by atoms with van der Waals surface area (Å²) in [6.07, 6.45) is 3.93. The molecule has 174 valence electrons. The van der Waals surface area contributed by atoms with Gasteiger partial charge in [-0.25, -0.2) is 8.78 Å². The summed E-state index contributed by atoms with van der Waals surface area (Å²) >= 11 is 0. The zero-order chi connectivity index (χ0) is 23.8. The molecule has 1 saturated carbocycles. The van der Waals surface area contributed by atoms with Gasteiger partial charge in [0, 0.05) is 73.4 Å². The number of hydrogen-bond donors (Lipinski definition) is 1. The Morgan fingerprint density at radius 3 is 2.64 bits per heavy atom. The summed E-state index contributed by atoms with van der Waals surface area (Å²) in [5.41, 5.74) is 11.4. The lowest BCUT2D eigenvalue weighted by atomic mass is 9.74. The second-order valence-electron chi connectivity index (χ2n) is 9.64. The fraction of sp³-hybridized carbons (Fsp3) is 0.423. The Balaban J connectivity index is 1.60. The number of aryl methyl sites for hydroxylation is 1. The molecule has 1 aliphatic heterocycles. The molecular formula is C26H30F2N4O. The molecule has 1 aromatic carbocycles. The first-order valence-electron chi connectivity index (χ1n) is 11.3. The maximum Gasteiger partial charge on any atom is 0.254 e. The van der Waals surface area contributed by atoms with Crippen LogP contribution in [0.5, 0.6) is 0 Å². The number of hydrogen-bond acceptors (Lipinski definition) is 4. The minimum absolute atomic E-state index is 0.00325. The molecule has 0 radical (unpaired) electrons. The van der Waals surface area contributed by atoms with Gasteiger partial charge < -0.3 is 10.6 Å². The van der Waals surface area contributed by atoms with Gasteiger partial charge in [-0.15, -0.1) is 0 Å². The van der Waals surface area contributed by atoms with E-state index in [1.807, 2.05) is 44.2 Å². The fourth-order valence-corrected chi connectivity index (χ4v) is 4.55. The lowest BCUT2D eigenvalue weighted by Gasteiger charge is -2.36. The minimum Gasteiger partial charge on any atom is -0.404 e. The van der Waals surface area contributed by atoms with Crippen LogP contribution in [0.1, 0.15) is 59.8 Å². The Morgan fingerprint density at radius 2 is 1.94 bits per heavy atom. The smallest absolute Gasteiger partial charge is 0.254 e. The number of nitrogens with two attached hydrogens (primary N) is 1. The van der Waals surface area contributed by atoms with Crippen LogP contribution in [-0.4, -0.2) is 41.5 Å². The second-order valence-corrected chi connectivity index (χ2v) is 9.64. The standard InChI is InChI=1S/C26H30F2N4O/c1-17-4-7-21(20(13-29)14-30-16-25(2)8-10-26(27,28)11-9-25)23(31-17)18-5-6-19-15-32(3)24(33)22(19)12-18/h4-7,12-14H,8-11,15-16,29H2,1-3H3. The SMILES string of the molecule is Cc1ccc(C(C=NCC2(C)CCC(F)(F)CC2)=CN)c(-c2ccc3c(c2)C(=O)N(C)C3)n1. The van der Waals surface area contributed by atoms with E-state index < -0.39 is 5.92 Å². The number of benzene rings is 1. The zero-order valence-corrected chi connectivity index (χ0v) is 19.4. The molecule has 1 aromatic heterocycles. The van der Waals surface area contributed by atoms with Crippen LogP contribution in [0.15, 0.2) is 41.5 Å². The molecule has 1 fully saturated rings. The Morgan fingerprint density at radius 1 is 1.21 bits per heavy atom. The third kappa shape index (κ3) is 4.82. The third-order valence-corrected chi connectivity index (χ3v) is 6.78. The summed E-state index contributed by atoms with van der Waals surface area (Å²) in [7, 11) is 1.79. The average Bonchev–Trinajstić information content (AvgIpc) is 3.07. The maximum atomic E-state index is 13.5. The van der Waals surface area contributed by atoms with Crippen molar-refractivity contribution in [2.45, 2.75) is 52.0 Å². The highest BCUT2D eigenvalue weighted by Crippen LogP contribution is 2.43. The average molecular weight is 453 g/mol. The number of amides is 1. The lowest BCUT2D eigenvalue weighted by Crippen LogP contribution is -2.33. The summed E-state index contributed by atoms with van der Waals surface area (Å²) in [6, 6.07) is 9.70. The summed E-state index contributed by atoms with van der Waals surface area (Å²) in [5, 5.41) is 0. The number of aliphatic imine (C=N–C) groups is 1. The first-order valence-corrected chi connectivity index (χ1v) is 11.3. The largest absolute Gasteiger partial charge is 0.404 e. The van der Waals surface area contributed by atoms with Crippen LogP contribution in [0.4, 0.5) is 8.78 Å². The maximum absolute atomic E-state index is 13.5. The van der Waals surface area contributed by atoms with Crippen LogP contribution < -0.4 is 5.73 Å². The minimum atomic E-state index is -2.56. The Hall–Kier alpha value is -3.09. The summed E-state index contributed by atoms with van der Waals surface area (Å²) < 4.78 is 27.1. The summed E-state index contributed by atoms with van der Waals surface area (Å²) in [4.78, 5) is 23.5. The van der Waals surface area contributed by atoms with Gasteiger partial charge in [0.15, 0.2) is 0 Å². The van der Waals surface area contributed by atoms with E-state index in [1.165, 1.54) is 6.20 Å². The number of carbonyl (C=O) groups is 1. The van der Waals surface area contributed by atoms with E-state index >= 15 is 0 Å². The molecule has 0 bridgehead atoms. The molecule has 1 amide bonds. The topological polar surface area (TPSA) is 71.6 Å². The van der Waals surface area contributed by atoms with Gasteiger partial charge >= 0.3 is 0 Å². The van der Waals surface area contributed by atoms with Gasteiger partial charge in [-0.2, -0.15) is 0 Å². The number of fused-ring (bicyclic) bond motifs is 1. The molecule has 33 heavy (non-hydrogen) atoms. The zero-order valence-electron chi connectivity index (χ0n) is 19.4. The molecule has 7 heteroatoms. The first-order chi connectivity index (χ1) is 15.6. The van der Waals surface area contributed by atoms with Gasteiger partial charge in [-0.05, 0) is 42.9 Å². The van der Waals surface area contributed by atoms with Crippen LogP contribution in [0.25, 0.3) is 16.8 Å². The predicted octanol–water partition coefficient (Wildman–Crippen LogP) is 5.23. The van der Waals surface area contributed by atoms with Crippen molar-refractivity contribution in [2.75, 3.05) is 13.6 Å². The van der Waals surface area contributed by atoms with Crippen LogP contribution in [-0.2, 0) is 6.54 Å². The number of pyridine rings is 1. The van der Waals surface area contributed by atoms with Crippen LogP contribution >= 0.6 is 0 Å². The predicted molar refractivity (Wildman–Crippen MR) is 127 cm³/mol. The van der Waals surface area contributed by atoms with Crippen molar-refractivity contribution >= 4 is 17.7 Å². The van der Waals surface area contributed by atoms with Crippen molar-refractivity contribution in [3.8, 4) is 11.3 Å². The molecule has 1 aliphatic carbocycles. The van der Waals surface area contributed by atoms with Gasteiger partial charge in [-0.3, -0.25) is 14.8 Å². The highest BCUT2D eigenvalue weighted by molar-refractivity contribution is 6.12. The molecule has 0 unspecified atom stereocenters. The van der Waals surface area contributed by atoms with Crippen molar-refractivity contribution < 1.29 is 13.6 Å². The fourth-order valence-electron chi connectivity index (χ4n) is 4.55. The van der Waals surface area contributed by atoms with E-state index in [-0.39, 0.29) is 24.2 Å². The Labute approximate surface area is 193 Å². The number of alkyl halides is 2. The van der Waals surface area contributed by atoms with Gasteiger partial charge in [-0.1, -0.05) is 25.1 Å². The molecular weight excluding hydrogens is 422 g/mol. The van der Waals surface area contributed by atoms with Crippen molar-refractivity contribution in [1.82, 2.24) is 9.88 Å². The Bertz CT molecular complexity index is 1130. The summed E-state index contributed by atoms with van der Waals surface area (Å²) in [6.45, 7) is 5.00. The number of allylic oxidation sites excluding steroid dienone is 1. The van der Waals surface area contributed by atoms with E-state index in [0.29, 0.717) is 37.1 Å². The number of aromatic nitrogens is 1. The van der Waals surface area contributed by atoms with Crippen molar-refractivity contribution in [2.24, 2.45) is 16.1 Å². The molecule has 5 nitrogen and oxygen atoms in total. The molecule has 4 rings (SSSR count). The van der Waals surface area contributed by atoms with Gasteiger partial charge in [0.1, 0.15) is 0 Å².